The summed E-state index contributed by atoms with van der Waals surface area (Å²) in [4.78, 5) is 24.6. The third-order valence-corrected chi connectivity index (χ3v) is 4.93. The van der Waals surface area contributed by atoms with Crippen LogP contribution in [0, 0.1) is 0 Å². The number of ether oxygens (including phenoxy) is 3. The lowest BCUT2D eigenvalue weighted by Gasteiger charge is -2.11. The second-order valence-electron chi connectivity index (χ2n) is 7.22. The van der Waals surface area contributed by atoms with Crippen molar-refractivity contribution in [2.24, 2.45) is 0 Å². The number of hydrogen-bond donors (Lipinski definition) is 1. The van der Waals surface area contributed by atoms with Crippen molar-refractivity contribution < 1.29 is 23.4 Å². The predicted octanol–water partition coefficient (Wildman–Crippen LogP) is 2.17. The van der Waals surface area contributed by atoms with Crippen molar-refractivity contribution in [3.8, 4) is 40.1 Å². The molecule has 0 aliphatic rings. The highest BCUT2D eigenvalue weighted by molar-refractivity contribution is 5.75. The molecule has 0 aliphatic heterocycles. The van der Waals surface area contributed by atoms with E-state index in [1.54, 1.807) is 61.9 Å². The van der Waals surface area contributed by atoms with Gasteiger partial charge in [-0.3, -0.25) is 9.59 Å². The maximum absolute atomic E-state index is 12.3. The molecule has 0 fully saturated rings. The Kier molecular flexibility index (Phi) is 7.36. The minimum atomic E-state index is -0.396. The Hall–Kier alpha value is -4.67. The van der Waals surface area contributed by atoms with Crippen LogP contribution in [0.25, 0.3) is 22.7 Å². The van der Waals surface area contributed by atoms with E-state index >= 15 is 0 Å². The van der Waals surface area contributed by atoms with Crippen LogP contribution >= 0.6 is 0 Å². The van der Waals surface area contributed by atoms with Crippen molar-refractivity contribution in [1.82, 2.24) is 25.3 Å². The van der Waals surface area contributed by atoms with Crippen LogP contribution in [0.2, 0.25) is 0 Å². The minimum Gasteiger partial charge on any atom is -0.493 e. The lowest BCUT2D eigenvalue weighted by Crippen LogP contribution is -2.35. The zero-order chi connectivity index (χ0) is 24.6. The van der Waals surface area contributed by atoms with E-state index in [0.29, 0.717) is 40.1 Å². The smallest absolute Gasteiger partial charge is 0.267 e. The zero-order valence-electron chi connectivity index (χ0n) is 19.1. The number of amides is 1. The SMILES string of the molecule is COc1ccc(-c2ccc(=O)n(CC(=O)NCCOc3ccc(-c4ccco4)nn3)n2)cc1OC. The number of methoxy groups -OCH3 is 2. The topological polar surface area (TPSA) is 131 Å². The molecule has 0 saturated heterocycles. The van der Waals surface area contributed by atoms with Gasteiger partial charge < -0.3 is 23.9 Å². The predicted molar refractivity (Wildman–Crippen MR) is 125 cm³/mol. The number of nitrogens with one attached hydrogen (secondary N) is 1. The first-order valence-electron chi connectivity index (χ1n) is 10.6. The van der Waals surface area contributed by atoms with Crippen LogP contribution in [0.1, 0.15) is 0 Å². The quantitative estimate of drug-likeness (QED) is 0.341. The Morgan fingerprint density at radius 3 is 2.54 bits per heavy atom. The van der Waals surface area contributed by atoms with Crippen molar-refractivity contribution in [3.05, 3.63) is 71.2 Å². The summed E-state index contributed by atoms with van der Waals surface area (Å²) in [5.41, 5.74) is 1.42. The highest BCUT2D eigenvalue weighted by Gasteiger charge is 2.11. The molecular formula is C24H23N5O6. The van der Waals surface area contributed by atoms with Crippen molar-refractivity contribution in [3.63, 3.8) is 0 Å². The number of furan rings is 1. The summed E-state index contributed by atoms with van der Waals surface area (Å²) in [6, 6.07) is 15.2. The Labute approximate surface area is 200 Å². The van der Waals surface area contributed by atoms with Gasteiger partial charge in [0.2, 0.25) is 11.8 Å². The number of aromatic nitrogens is 4. The highest BCUT2D eigenvalue weighted by atomic mass is 16.5. The van der Waals surface area contributed by atoms with Crippen LogP contribution in [-0.4, -0.2) is 53.3 Å². The average molecular weight is 477 g/mol. The summed E-state index contributed by atoms with van der Waals surface area (Å²) in [7, 11) is 3.08. The molecule has 0 spiro atoms. The Balaban J connectivity index is 1.31. The van der Waals surface area contributed by atoms with Gasteiger partial charge in [-0.25, -0.2) is 4.68 Å². The normalized spacial score (nSPS) is 10.6. The summed E-state index contributed by atoms with van der Waals surface area (Å²) in [6.45, 7) is 0.150. The summed E-state index contributed by atoms with van der Waals surface area (Å²) in [6.07, 6.45) is 1.56. The second kappa shape index (κ2) is 11.0. The van der Waals surface area contributed by atoms with Crippen LogP contribution < -0.4 is 25.1 Å². The standard InChI is InChI=1S/C24H23N5O6/c1-32-20-8-5-16(14-21(20)33-2)17-7-10-24(31)29(28-17)15-22(30)25-11-13-35-23-9-6-18(26-27-23)19-4-3-12-34-19/h3-10,12,14H,11,13,15H2,1-2H3,(H,25,30). The number of hydrogen-bond acceptors (Lipinski definition) is 9. The number of nitrogens with zero attached hydrogens (tertiary/aromatic N) is 4. The fourth-order valence-corrected chi connectivity index (χ4v) is 3.20. The molecule has 3 heterocycles. The molecule has 0 saturated carbocycles. The number of benzene rings is 1. The van der Waals surface area contributed by atoms with Gasteiger partial charge in [0.25, 0.3) is 5.56 Å². The number of rotatable bonds is 10. The van der Waals surface area contributed by atoms with Gasteiger partial charge in [0.15, 0.2) is 17.3 Å². The number of carbonyl (C=O) groups is 1. The maximum Gasteiger partial charge on any atom is 0.267 e. The van der Waals surface area contributed by atoms with E-state index in [4.69, 9.17) is 18.6 Å². The molecule has 35 heavy (non-hydrogen) atoms. The first-order valence-corrected chi connectivity index (χ1v) is 10.6. The third kappa shape index (κ3) is 5.82. The Bertz CT molecular complexity index is 1340. The van der Waals surface area contributed by atoms with Gasteiger partial charge in [0.1, 0.15) is 18.8 Å². The molecule has 11 nitrogen and oxygen atoms in total. The van der Waals surface area contributed by atoms with Crippen molar-refractivity contribution in [2.75, 3.05) is 27.4 Å². The Morgan fingerprint density at radius 2 is 1.83 bits per heavy atom. The molecule has 0 unspecified atom stereocenters. The number of carbonyl (C=O) groups excluding carboxylic acids is 1. The largest absolute Gasteiger partial charge is 0.493 e. The molecule has 180 valence electrons. The van der Waals surface area contributed by atoms with Crippen LogP contribution in [-0.2, 0) is 11.3 Å². The van der Waals surface area contributed by atoms with Crippen LogP contribution in [0.5, 0.6) is 17.4 Å². The summed E-state index contributed by atoms with van der Waals surface area (Å²) >= 11 is 0. The molecule has 3 aromatic heterocycles. The fourth-order valence-electron chi connectivity index (χ4n) is 3.20. The van der Waals surface area contributed by atoms with E-state index in [1.165, 1.54) is 13.2 Å². The van der Waals surface area contributed by atoms with Gasteiger partial charge in [0.05, 0.1) is 32.7 Å². The van der Waals surface area contributed by atoms with E-state index in [0.717, 1.165) is 4.68 Å². The molecule has 1 amide bonds. The molecule has 1 N–H and O–H groups in total. The summed E-state index contributed by atoms with van der Waals surface area (Å²) < 4.78 is 22.4. The average Bonchev–Trinajstić information content (AvgIpc) is 3.43. The lowest BCUT2D eigenvalue weighted by atomic mass is 10.1. The monoisotopic (exact) mass is 477 g/mol. The van der Waals surface area contributed by atoms with Crippen molar-refractivity contribution in [2.45, 2.75) is 6.54 Å². The summed E-state index contributed by atoms with van der Waals surface area (Å²) in [5, 5.41) is 15.0. The first-order chi connectivity index (χ1) is 17.1. The molecule has 0 radical (unpaired) electrons. The molecule has 11 heteroatoms. The fraction of sp³-hybridized carbons (Fsp3) is 0.208. The van der Waals surface area contributed by atoms with Crippen LogP contribution in [0.15, 0.2) is 70.1 Å². The van der Waals surface area contributed by atoms with Crippen LogP contribution in [0.4, 0.5) is 0 Å². The first kappa shape index (κ1) is 23.5. The van der Waals surface area contributed by atoms with E-state index in [2.05, 4.69) is 20.6 Å². The second-order valence-corrected chi connectivity index (χ2v) is 7.22. The van der Waals surface area contributed by atoms with Gasteiger partial charge in [-0.1, -0.05) is 0 Å². The lowest BCUT2D eigenvalue weighted by molar-refractivity contribution is -0.122. The van der Waals surface area contributed by atoms with Gasteiger partial charge in [-0.2, -0.15) is 5.10 Å². The van der Waals surface area contributed by atoms with Crippen molar-refractivity contribution in [1.29, 1.82) is 0 Å². The third-order valence-electron chi connectivity index (χ3n) is 4.93. The Morgan fingerprint density at radius 1 is 1.00 bits per heavy atom. The van der Waals surface area contributed by atoms with Crippen molar-refractivity contribution >= 4 is 5.91 Å². The minimum absolute atomic E-state index is 0.175. The van der Waals surface area contributed by atoms with E-state index in [9.17, 15) is 9.59 Å². The van der Waals surface area contributed by atoms with Gasteiger partial charge >= 0.3 is 0 Å². The van der Waals surface area contributed by atoms with E-state index < -0.39 is 5.56 Å². The highest BCUT2D eigenvalue weighted by Crippen LogP contribution is 2.31. The zero-order valence-corrected chi connectivity index (χ0v) is 19.1. The molecular weight excluding hydrogens is 454 g/mol. The maximum atomic E-state index is 12.3. The van der Waals surface area contributed by atoms with Crippen LogP contribution in [0.3, 0.4) is 0 Å². The van der Waals surface area contributed by atoms with Gasteiger partial charge in [-0.05, 0) is 42.5 Å². The molecule has 1 aromatic carbocycles. The molecule has 0 atom stereocenters. The van der Waals surface area contributed by atoms with Gasteiger partial charge in [-0.15, -0.1) is 10.2 Å². The van der Waals surface area contributed by atoms with E-state index in [1.807, 2.05) is 0 Å². The molecule has 4 aromatic rings. The van der Waals surface area contributed by atoms with E-state index in [-0.39, 0.29) is 25.6 Å². The molecule has 0 bridgehead atoms. The van der Waals surface area contributed by atoms with Gasteiger partial charge in [0, 0.05) is 17.7 Å². The molecule has 4 rings (SSSR count). The summed E-state index contributed by atoms with van der Waals surface area (Å²) in [5.74, 6) is 1.64. The molecule has 0 aliphatic carbocycles.